The SMILES string of the molecule is Nc1nc(N2CCC3(CC2)Cc2ccccc2[C@H]3N)cnc1Sc1cc2c(cc1Cl)B(O)OC2. The molecule has 0 bridgehead atoms. The zero-order valence-corrected chi connectivity index (χ0v) is 20.1. The van der Waals surface area contributed by atoms with E-state index in [2.05, 4.69) is 39.1 Å². The highest BCUT2D eigenvalue weighted by molar-refractivity contribution is 7.99. The molecule has 0 unspecified atom stereocenters. The first-order valence-electron chi connectivity index (χ1n) is 11.4. The van der Waals surface area contributed by atoms with E-state index in [9.17, 15) is 5.02 Å². The van der Waals surface area contributed by atoms with Gasteiger partial charge >= 0.3 is 7.12 Å². The molecule has 0 amide bonds. The van der Waals surface area contributed by atoms with Gasteiger partial charge < -0.3 is 26.0 Å². The number of hydrogen-bond acceptors (Lipinski definition) is 8. The van der Waals surface area contributed by atoms with Crippen LogP contribution in [0, 0.1) is 5.41 Å². The summed E-state index contributed by atoms with van der Waals surface area (Å²) in [5.74, 6) is 1.16. The van der Waals surface area contributed by atoms with E-state index in [1.807, 2.05) is 6.07 Å². The number of rotatable bonds is 3. The summed E-state index contributed by atoms with van der Waals surface area (Å²) < 4.78 is 5.27. The molecule has 1 atom stereocenters. The van der Waals surface area contributed by atoms with Crippen molar-refractivity contribution in [1.29, 1.82) is 0 Å². The normalized spacial score (nSPS) is 20.6. The van der Waals surface area contributed by atoms with Crippen molar-refractivity contribution in [1.82, 2.24) is 9.97 Å². The molecule has 10 heteroatoms. The van der Waals surface area contributed by atoms with Crippen molar-refractivity contribution in [3.8, 4) is 0 Å². The fraction of sp³-hybridized carbons (Fsp3) is 0.333. The van der Waals surface area contributed by atoms with Crippen molar-refractivity contribution < 1.29 is 9.68 Å². The fourth-order valence-corrected chi connectivity index (χ4v) is 6.62. The molecule has 2 aliphatic heterocycles. The van der Waals surface area contributed by atoms with Crippen LogP contribution in [-0.2, 0) is 17.7 Å². The molecule has 6 rings (SSSR count). The van der Waals surface area contributed by atoms with Crippen LogP contribution in [0.5, 0.6) is 0 Å². The monoisotopic (exact) mass is 493 g/mol. The largest absolute Gasteiger partial charge is 0.491 e. The zero-order chi connectivity index (χ0) is 23.4. The van der Waals surface area contributed by atoms with Gasteiger partial charge in [0.1, 0.15) is 10.8 Å². The van der Waals surface area contributed by atoms with Crippen molar-refractivity contribution in [2.24, 2.45) is 11.1 Å². The smallest absolute Gasteiger partial charge is 0.423 e. The number of nitrogens with two attached hydrogens (primary N) is 2. The summed E-state index contributed by atoms with van der Waals surface area (Å²) in [7, 11) is -0.924. The molecular formula is C24H25BClN5O2S. The van der Waals surface area contributed by atoms with Crippen LogP contribution in [0.25, 0.3) is 0 Å². The van der Waals surface area contributed by atoms with E-state index in [-0.39, 0.29) is 11.5 Å². The molecule has 1 fully saturated rings. The molecule has 2 aromatic carbocycles. The molecule has 0 radical (unpaired) electrons. The zero-order valence-electron chi connectivity index (χ0n) is 18.6. The number of nitrogen functional groups attached to an aromatic ring is 1. The van der Waals surface area contributed by atoms with Gasteiger partial charge in [-0.2, -0.15) is 0 Å². The summed E-state index contributed by atoms with van der Waals surface area (Å²) in [5, 5.41) is 11.0. The summed E-state index contributed by atoms with van der Waals surface area (Å²) in [6, 6.07) is 12.3. The van der Waals surface area contributed by atoms with Gasteiger partial charge in [-0.3, -0.25) is 0 Å². The van der Waals surface area contributed by atoms with Gasteiger partial charge in [-0.25, -0.2) is 9.97 Å². The van der Waals surface area contributed by atoms with E-state index in [4.69, 9.17) is 27.7 Å². The lowest BCUT2D eigenvalue weighted by Gasteiger charge is -2.42. The Morgan fingerprint density at radius 1 is 1.21 bits per heavy atom. The van der Waals surface area contributed by atoms with E-state index in [0.717, 1.165) is 48.6 Å². The van der Waals surface area contributed by atoms with Gasteiger partial charge in [-0.1, -0.05) is 47.6 Å². The quantitative estimate of drug-likeness (QED) is 0.478. The fourth-order valence-electron chi connectivity index (χ4n) is 5.51. The Morgan fingerprint density at radius 3 is 2.76 bits per heavy atom. The van der Waals surface area contributed by atoms with E-state index in [1.165, 1.54) is 22.9 Å². The van der Waals surface area contributed by atoms with Crippen molar-refractivity contribution in [2.75, 3.05) is 23.7 Å². The Balaban J connectivity index is 1.16. The van der Waals surface area contributed by atoms with Crippen molar-refractivity contribution in [3.05, 3.63) is 64.3 Å². The molecule has 3 aromatic rings. The first-order chi connectivity index (χ1) is 16.4. The maximum absolute atomic E-state index is 9.87. The summed E-state index contributed by atoms with van der Waals surface area (Å²) >= 11 is 7.81. The first-order valence-corrected chi connectivity index (χ1v) is 12.6. The van der Waals surface area contributed by atoms with Crippen LogP contribution in [0.15, 0.2) is 52.5 Å². The number of fused-ring (bicyclic) bond motifs is 2. The first kappa shape index (κ1) is 22.2. The average Bonchev–Trinajstić information content (AvgIpc) is 3.33. The highest BCUT2D eigenvalue weighted by atomic mass is 35.5. The van der Waals surface area contributed by atoms with E-state index < -0.39 is 7.12 Å². The third kappa shape index (κ3) is 3.67. The Hall–Kier alpha value is -2.30. The Kier molecular flexibility index (Phi) is 5.50. The van der Waals surface area contributed by atoms with Crippen LogP contribution < -0.4 is 21.8 Å². The van der Waals surface area contributed by atoms with E-state index >= 15 is 0 Å². The van der Waals surface area contributed by atoms with Crippen LogP contribution in [0.4, 0.5) is 11.6 Å². The molecule has 7 nitrogen and oxygen atoms in total. The predicted octanol–water partition coefficient (Wildman–Crippen LogP) is 2.92. The van der Waals surface area contributed by atoms with Crippen LogP contribution in [0.1, 0.15) is 35.6 Å². The summed E-state index contributed by atoms with van der Waals surface area (Å²) in [4.78, 5) is 12.3. The lowest BCUT2D eigenvalue weighted by molar-refractivity contribution is 0.187. The van der Waals surface area contributed by atoms with Gasteiger partial charge in [0.05, 0.1) is 17.8 Å². The summed E-state index contributed by atoms with van der Waals surface area (Å²) in [6.45, 7) is 2.11. The van der Waals surface area contributed by atoms with Gasteiger partial charge in [0.15, 0.2) is 5.82 Å². The van der Waals surface area contributed by atoms with Crippen molar-refractivity contribution in [2.45, 2.75) is 41.8 Å². The van der Waals surface area contributed by atoms with Gasteiger partial charge in [0, 0.05) is 24.0 Å². The summed E-state index contributed by atoms with van der Waals surface area (Å²) in [5.41, 5.74) is 17.4. The number of piperidine rings is 1. The maximum atomic E-state index is 9.87. The second-order valence-corrected chi connectivity index (χ2v) is 10.8. The minimum absolute atomic E-state index is 0.0874. The van der Waals surface area contributed by atoms with Crippen LogP contribution >= 0.6 is 23.4 Å². The van der Waals surface area contributed by atoms with Crippen molar-refractivity contribution in [3.63, 3.8) is 0 Å². The Bertz CT molecular complexity index is 1270. The molecule has 5 N–H and O–H groups in total. The highest BCUT2D eigenvalue weighted by Gasteiger charge is 2.45. The standard InChI is InChI=1S/C24H25BClN5O2S/c26-18-10-17-15(13-33-25(17)32)9-19(18)34-23-22(28)30-20(12-29-23)31-7-5-24(6-8-31)11-14-3-1-2-4-16(14)21(24)27/h1-4,9-10,12,21,32H,5-8,11,13,27H2,(H2,28,30)/t21-/m1/s1. The van der Waals surface area contributed by atoms with Gasteiger partial charge in [0.25, 0.3) is 0 Å². The number of hydrogen-bond donors (Lipinski definition) is 3. The Labute approximate surface area is 208 Å². The van der Waals surface area contributed by atoms with E-state index in [1.54, 1.807) is 12.3 Å². The molecule has 1 aromatic heterocycles. The molecule has 0 saturated carbocycles. The van der Waals surface area contributed by atoms with Gasteiger partial charge in [0.2, 0.25) is 0 Å². The molecule has 1 spiro atoms. The van der Waals surface area contributed by atoms with Crippen molar-refractivity contribution >= 4 is 47.6 Å². The predicted molar refractivity (Wildman–Crippen MR) is 135 cm³/mol. The number of nitrogens with zero attached hydrogens (tertiary/aromatic N) is 3. The topological polar surface area (TPSA) is 111 Å². The summed E-state index contributed by atoms with van der Waals surface area (Å²) in [6.07, 6.45) is 4.86. The molecular weight excluding hydrogens is 469 g/mol. The minimum atomic E-state index is -0.924. The third-order valence-electron chi connectivity index (χ3n) is 7.49. The van der Waals surface area contributed by atoms with Crippen LogP contribution in [0.2, 0.25) is 5.02 Å². The van der Waals surface area contributed by atoms with Gasteiger partial charge in [-0.15, -0.1) is 0 Å². The number of aromatic nitrogens is 2. The minimum Gasteiger partial charge on any atom is -0.423 e. The van der Waals surface area contributed by atoms with E-state index in [0.29, 0.717) is 27.9 Å². The lowest BCUT2D eigenvalue weighted by Crippen LogP contribution is -2.44. The molecule has 174 valence electrons. The molecule has 34 heavy (non-hydrogen) atoms. The van der Waals surface area contributed by atoms with Gasteiger partial charge in [-0.05, 0) is 59.0 Å². The maximum Gasteiger partial charge on any atom is 0.491 e. The third-order valence-corrected chi connectivity index (χ3v) is 8.98. The number of benzene rings is 2. The molecule has 3 heterocycles. The highest BCUT2D eigenvalue weighted by Crippen LogP contribution is 2.51. The molecule has 1 aliphatic carbocycles. The van der Waals surface area contributed by atoms with Crippen LogP contribution in [-0.4, -0.2) is 35.2 Å². The second kappa shape index (κ2) is 8.43. The average molecular weight is 494 g/mol. The number of anilines is 2. The molecule has 1 saturated heterocycles. The second-order valence-electron chi connectivity index (χ2n) is 9.37. The Morgan fingerprint density at radius 2 is 2.00 bits per heavy atom. The lowest BCUT2D eigenvalue weighted by atomic mass is 9.73. The number of halogens is 1. The van der Waals surface area contributed by atoms with Crippen LogP contribution in [0.3, 0.4) is 0 Å². The molecule has 3 aliphatic rings.